The van der Waals surface area contributed by atoms with Crippen LogP contribution in [-0.2, 0) is 0 Å². The highest BCUT2D eigenvalue weighted by atomic mass is 16.4. The maximum Gasteiger partial charge on any atom is 0.335 e. The van der Waals surface area contributed by atoms with Crippen LogP contribution >= 0.6 is 0 Å². The standard InChI is InChI=1S/C14H20N2O3/c1-9(2)12-6-10(14(18)19)7-13(15-12)16-5-3-4-11(16)8-17/h6-7,9,11,17H,3-5,8H2,1-2H3,(H,18,19). The van der Waals surface area contributed by atoms with E-state index in [0.29, 0.717) is 5.82 Å². The molecule has 2 N–H and O–H groups in total. The van der Waals surface area contributed by atoms with E-state index in [1.165, 1.54) is 0 Å². The van der Waals surface area contributed by atoms with Gasteiger partial charge in [-0.1, -0.05) is 13.8 Å². The van der Waals surface area contributed by atoms with Crippen LogP contribution in [0.3, 0.4) is 0 Å². The zero-order valence-corrected chi connectivity index (χ0v) is 11.3. The van der Waals surface area contributed by atoms with Crippen molar-refractivity contribution >= 4 is 11.8 Å². The highest BCUT2D eigenvalue weighted by Gasteiger charge is 2.26. The summed E-state index contributed by atoms with van der Waals surface area (Å²) in [5.41, 5.74) is 1.04. The van der Waals surface area contributed by atoms with Crippen LogP contribution in [0.25, 0.3) is 0 Å². The molecule has 2 heterocycles. The molecule has 0 amide bonds. The van der Waals surface area contributed by atoms with Gasteiger partial charge >= 0.3 is 5.97 Å². The maximum atomic E-state index is 11.2. The van der Waals surface area contributed by atoms with Gasteiger partial charge in [0.15, 0.2) is 0 Å². The second-order valence-electron chi connectivity index (χ2n) is 5.27. The summed E-state index contributed by atoms with van der Waals surface area (Å²) in [7, 11) is 0. The third-order valence-corrected chi connectivity index (χ3v) is 3.55. The summed E-state index contributed by atoms with van der Waals surface area (Å²) in [6.07, 6.45) is 1.92. The van der Waals surface area contributed by atoms with Gasteiger partial charge in [0.05, 0.1) is 18.2 Å². The molecule has 5 nitrogen and oxygen atoms in total. The molecule has 1 atom stereocenters. The summed E-state index contributed by atoms with van der Waals surface area (Å²) in [6.45, 7) is 4.88. The Kier molecular flexibility index (Phi) is 4.04. The number of aliphatic hydroxyl groups is 1. The van der Waals surface area contributed by atoms with Gasteiger partial charge in [-0.25, -0.2) is 9.78 Å². The molecule has 1 fully saturated rings. The molecule has 104 valence electrons. The second-order valence-corrected chi connectivity index (χ2v) is 5.27. The van der Waals surface area contributed by atoms with E-state index in [9.17, 15) is 15.0 Å². The van der Waals surface area contributed by atoms with Crippen molar-refractivity contribution in [1.82, 2.24) is 4.98 Å². The number of carboxylic acid groups (broad SMARTS) is 1. The molecule has 1 saturated heterocycles. The molecule has 1 aromatic heterocycles. The lowest BCUT2D eigenvalue weighted by molar-refractivity contribution is 0.0696. The fourth-order valence-corrected chi connectivity index (χ4v) is 2.43. The fourth-order valence-electron chi connectivity index (χ4n) is 2.43. The van der Waals surface area contributed by atoms with Gasteiger partial charge in [0, 0.05) is 12.2 Å². The maximum absolute atomic E-state index is 11.2. The molecule has 2 rings (SSSR count). The first-order valence-electron chi connectivity index (χ1n) is 6.65. The summed E-state index contributed by atoms with van der Waals surface area (Å²) in [6, 6.07) is 3.28. The van der Waals surface area contributed by atoms with E-state index < -0.39 is 5.97 Å². The summed E-state index contributed by atoms with van der Waals surface area (Å²) < 4.78 is 0. The average molecular weight is 264 g/mol. The van der Waals surface area contributed by atoms with Crippen LogP contribution in [0.4, 0.5) is 5.82 Å². The molecule has 1 aromatic rings. The molecule has 1 aliphatic heterocycles. The van der Waals surface area contributed by atoms with Gasteiger partial charge in [0.2, 0.25) is 0 Å². The molecule has 0 saturated carbocycles. The van der Waals surface area contributed by atoms with Crippen molar-refractivity contribution < 1.29 is 15.0 Å². The Morgan fingerprint density at radius 3 is 2.84 bits per heavy atom. The predicted molar refractivity (Wildman–Crippen MR) is 72.7 cm³/mol. The first kappa shape index (κ1) is 13.8. The van der Waals surface area contributed by atoms with Crippen molar-refractivity contribution in [3.63, 3.8) is 0 Å². The van der Waals surface area contributed by atoms with E-state index in [0.717, 1.165) is 25.1 Å². The van der Waals surface area contributed by atoms with Gasteiger partial charge in [0.1, 0.15) is 5.82 Å². The Balaban J connectivity index is 2.41. The minimum atomic E-state index is -0.940. The van der Waals surface area contributed by atoms with E-state index in [4.69, 9.17) is 0 Å². The van der Waals surface area contributed by atoms with E-state index >= 15 is 0 Å². The molecule has 1 unspecified atom stereocenters. The monoisotopic (exact) mass is 264 g/mol. The van der Waals surface area contributed by atoms with Gasteiger partial charge in [-0.15, -0.1) is 0 Å². The zero-order valence-electron chi connectivity index (χ0n) is 11.3. The molecule has 19 heavy (non-hydrogen) atoms. The third-order valence-electron chi connectivity index (χ3n) is 3.55. The predicted octanol–water partition coefficient (Wildman–Crippen LogP) is 1.86. The lowest BCUT2D eigenvalue weighted by atomic mass is 10.1. The van der Waals surface area contributed by atoms with E-state index in [-0.39, 0.29) is 24.1 Å². The largest absolute Gasteiger partial charge is 0.478 e. The SMILES string of the molecule is CC(C)c1cc(C(=O)O)cc(N2CCCC2CO)n1. The summed E-state index contributed by atoms with van der Waals surface area (Å²) in [5.74, 6) is -0.0984. The number of hydrogen-bond donors (Lipinski definition) is 2. The van der Waals surface area contributed by atoms with Gasteiger partial charge < -0.3 is 15.1 Å². The van der Waals surface area contributed by atoms with Crippen LogP contribution in [0.15, 0.2) is 12.1 Å². The number of aliphatic hydroxyl groups excluding tert-OH is 1. The number of aromatic nitrogens is 1. The number of carbonyl (C=O) groups is 1. The summed E-state index contributed by atoms with van der Waals surface area (Å²) >= 11 is 0. The highest BCUT2D eigenvalue weighted by molar-refractivity contribution is 5.88. The molecule has 5 heteroatoms. The van der Waals surface area contributed by atoms with Crippen LogP contribution in [0.2, 0.25) is 0 Å². The topological polar surface area (TPSA) is 73.7 Å². The molecule has 0 aliphatic carbocycles. The van der Waals surface area contributed by atoms with Crippen molar-refractivity contribution in [2.24, 2.45) is 0 Å². The fraction of sp³-hybridized carbons (Fsp3) is 0.571. The van der Waals surface area contributed by atoms with Crippen LogP contribution in [0.1, 0.15) is 48.7 Å². The van der Waals surface area contributed by atoms with Gasteiger partial charge in [-0.2, -0.15) is 0 Å². The highest BCUT2D eigenvalue weighted by Crippen LogP contribution is 2.26. The van der Waals surface area contributed by atoms with Gasteiger partial charge in [-0.05, 0) is 30.9 Å². The Morgan fingerprint density at radius 2 is 2.26 bits per heavy atom. The Bertz CT molecular complexity index is 474. The van der Waals surface area contributed by atoms with Crippen LogP contribution < -0.4 is 4.90 Å². The molecule has 0 aromatic carbocycles. The van der Waals surface area contributed by atoms with Crippen molar-refractivity contribution in [2.75, 3.05) is 18.1 Å². The molecule has 0 spiro atoms. The minimum absolute atomic E-state index is 0.0524. The first-order chi connectivity index (χ1) is 9.02. The van der Waals surface area contributed by atoms with Crippen LogP contribution in [-0.4, -0.2) is 40.4 Å². The Hall–Kier alpha value is -1.62. The van der Waals surface area contributed by atoms with Crippen LogP contribution in [0.5, 0.6) is 0 Å². The lowest BCUT2D eigenvalue weighted by Crippen LogP contribution is -2.33. The second kappa shape index (κ2) is 5.57. The number of rotatable bonds is 4. The number of pyridine rings is 1. The molecular formula is C14H20N2O3. The van der Waals surface area contributed by atoms with Crippen LogP contribution in [0, 0.1) is 0 Å². The van der Waals surface area contributed by atoms with E-state index in [1.54, 1.807) is 12.1 Å². The summed E-state index contributed by atoms with van der Waals surface area (Å²) in [5, 5.41) is 18.6. The minimum Gasteiger partial charge on any atom is -0.478 e. The normalized spacial score (nSPS) is 19.2. The van der Waals surface area contributed by atoms with Gasteiger partial charge in [-0.3, -0.25) is 0 Å². The molecule has 0 bridgehead atoms. The number of anilines is 1. The van der Waals surface area contributed by atoms with Crippen molar-refractivity contribution in [3.8, 4) is 0 Å². The van der Waals surface area contributed by atoms with E-state index in [1.807, 2.05) is 18.7 Å². The smallest absolute Gasteiger partial charge is 0.335 e. The van der Waals surface area contributed by atoms with Crippen molar-refractivity contribution in [2.45, 2.75) is 38.6 Å². The number of nitrogens with zero attached hydrogens (tertiary/aromatic N) is 2. The van der Waals surface area contributed by atoms with Crippen molar-refractivity contribution in [3.05, 3.63) is 23.4 Å². The van der Waals surface area contributed by atoms with Gasteiger partial charge in [0.25, 0.3) is 0 Å². The van der Waals surface area contributed by atoms with E-state index in [2.05, 4.69) is 4.98 Å². The first-order valence-corrected chi connectivity index (χ1v) is 6.65. The summed E-state index contributed by atoms with van der Waals surface area (Å²) in [4.78, 5) is 17.8. The number of carboxylic acids is 1. The third kappa shape index (κ3) is 2.87. The lowest BCUT2D eigenvalue weighted by Gasteiger charge is -2.25. The molecular weight excluding hydrogens is 244 g/mol. The number of aromatic carboxylic acids is 1. The molecule has 0 radical (unpaired) electrons. The Morgan fingerprint density at radius 1 is 1.53 bits per heavy atom. The zero-order chi connectivity index (χ0) is 14.0. The average Bonchev–Trinajstić information content (AvgIpc) is 2.86. The molecule has 1 aliphatic rings. The quantitative estimate of drug-likeness (QED) is 0.868. The number of hydrogen-bond acceptors (Lipinski definition) is 4. The van der Waals surface area contributed by atoms with Crippen molar-refractivity contribution in [1.29, 1.82) is 0 Å². The Labute approximate surface area is 112 Å².